The van der Waals surface area contributed by atoms with E-state index in [0.717, 1.165) is 27.8 Å². The molecule has 0 heterocycles. The average Bonchev–Trinajstić information content (AvgIpc) is 2.56. The molecule has 0 aliphatic rings. The van der Waals surface area contributed by atoms with Crippen LogP contribution in [0, 0.1) is 6.92 Å². The number of halogens is 1. The fourth-order valence-electron chi connectivity index (χ4n) is 2.63. The van der Waals surface area contributed by atoms with Crippen molar-refractivity contribution in [1.82, 2.24) is 10.6 Å². The van der Waals surface area contributed by atoms with Crippen molar-refractivity contribution in [1.29, 1.82) is 0 Å². The predicted molar refractivity (Wildman–Crippen MR) is 105 cm³/mol. The van der Waals surface area contributed by atoms with Crippen LogP contribution in [0.1, 0.15) is 36.6 Å². The second kappa shape index (κ2) is 9.47. The van der Waals surface area contributed by atoms with Crippen LogP contribution in [-0.4, -0.2) is 19.2 Å². The number of hydrogen-bond donors (Lipinski definition) is 2. The van der Waals surface area contributed by atoms with Crippen LogP contribution in [0.15, 0.2) is 46.9 Å². The van der Waals surface area contributed by atoms with Crippen LogP contribution in [0.5, 0.6) is 5.75 Å². The lowest BCUT2D eigenvalue weighted by atomic mass is 10.0. The summed E-state index contributed by atoms with van der Waals surface area (Å²) in [6, 6.07) is 13.8. The van der Waals surface area contributed by atoms with Crippen LogP contribution < -0.4 is 15.4 Å². The number of rotatable bonds is 7. The van der Waals surface area contributed by atoms with Gasteiger partial charge in [-0.1, -0.05) is 45.8 Å². The number of ether oxygens (including phenoxy) is 1. The zero-order chi connectivity index (χ0) is 18.2. The first-order valence-electron chi connectivity index (χ1n) is 8.51. The number of benzene rings is 2. The topological polar surface area (TPSA) is 50.4 Å². The summed E-state index contributed by atoms with van der Waals surface area (Å²) in [6.07, 6.45) is 0.788. The monoisotopic (exact) mass is 404 g/mol. The van der Waals surface area contributed by atoms with E-state index >= 15 is 0 Å². The Kier molecular flexibility index (Phi) is 7.31. The highest BCUT2D eigenvalue weighted by molar-refractivity contribution is 9.10. The second-order valence-electron chi connectivity index (χ2n) is 5.98. The maximum Gasteiger partial charge on any atom is 0.315 e. The fourth-order valence-corrected chi connectivity index (χ4v) is 3.08. The van der Waals surface area contributed by atoms with Crippen molar-refractivity contribution in [2.24, 2.45) is 0 Å². The molecule has 0 aliphatic heterocycles. The van der Waals surface area contributed by atoms with Crippen LogP contribution in [0.3, 0.4) is 0 Å². The van der Waals surface area contributed by atoms with Gasteiger partial charge in [0.15, 0.2) is 0 Å². The molecule has 4 nitrogen and oxygen atoms in total. The quantitative estimate of drug-likeness (QED) is 0.698. The first-order valence-corrected chi connectivity index (χ1v) is 9.31. The third-order valence-electron chi connectivity index (χ3n) is 3.87. The van der Waals surface area contributed by atoms with Gasteiger partial charge >= 0.3 is 6.03 Å². The van der Waals surface area contributed by atoms with E-state index in [0.29, 0.717) is 13.2 Å². The molecule has 1 atom stereocenters. The van der Waals surface area contributed by atoms with Gasteiger partial charge in [-0.25, -0.2) is 4.79 Å². The molecule has 0 saturated carbocycles. The van der Waals surface area contributed by atoms with E-state index < -0.39 is 0 Å². The first-order chi connectivity index (χ1) is 12.0. The molecule has 2 aromatic carbocycles. The van der Waals surface area contributed by atoms with E-state index in [4.69, 9.17) is 4.74 Å². The van der Waals surface area contributed by atoms with E-state index in [1.165, 1.54) is 5.56 Å². The molecule has 25 heavy (non-hydrogen) atoms. The normalized spacial score (nSPS) is 11.7. The molecule has 0 saturated heterocycles. The van der Waals surface area contributed by atoms with Crippen molar-refractivity contribution in [3.05, 3.63) is 63.6 Å². The number of aryl methyl sites for hydroxylation is 1. The highest BCUT2D eigenvalue weighted by atomic mass is 79.9. The van der Waals surface area contributed by atoms with Gasteiger partial charge in [0.25, 0.3) is 0 Å². The molecule has 2 aromatic rings. The summed E-state index contributed by atoms with van der Waals surface area (Å²) >= 11 is 3.46. The van der Waals surface area contributed by atoms with Crippen LogP contribution >= 0.6 is 15.9 Å². The van der Waals surface area contributed by atoms with Gasteiger partial charge in [-0.3, -0.25) is 0 Å². The molecule has 0 aliphatic carbocycles. The Morgan fingerprint density at radius 2 is 2.04 bits per heavy atom. The molecule has 1 unspecified atom stereocenters. The van der Waals surface area contributed by atoms with Crippen LogP contribution in [0.2, 0.25) is 0 Å². The maximum absolute atomic E-state index is 12.2. The zero-order valence-corrected chi connectivity index (χ0v) is 16.5. The van der Waals surface area contributed by atoms with E-state index in [9.17, 15) is 4.79 Å². The lowest BCUT2D eigenvalue weighted by molar-refractivity contribution is 0.237. The number of carbonyl (C=O) groups excluding carboxylic acids is 1. The highest BCUT2D eigenvalue weighted by Crippen LogP contribution is 2.26. The number of urea groups is 1. The zero-order valence-electron chi connectivity index (χ0n) is 14.9. The predicted octanol–water partition coefficient (Wildman–Crippen LogP) is 4.76. The summed E-state index contributed by atoms with van der Waals surface area (Å²) in [7, 11) is 0. The Morgan fingerprint density at radius 1 is 1.24 bits per heavy atom. The van der Waals surface area contributed by atoms with Crippen LogP contribution in [0.4, 0.5) is 4.79 Å². The summed E-state index contributed by atoms with van der Waals surface area (Å²) in [5.74, 6) is 0.815. The van der Waals surface area contributed by atoms with E-state index in [1.807, 2.05) is 51.1 Å². The Balaban J connectivity index is 1.88. The van der Waals surface area contributed by atoms with Gasteiger partial charge in [0, 0.05) is 16.6 Å². The maximum atomic E-state index is 12.2. The number of hydrogen-bond acceptors (Lipinski definition) is 2. The molecular formula is C20H25BrN2O2. The average molecular weight is 405 g/mol. The molecule has 2 rings (SSSR count). The minimum Gasteiger partial charge on any atom is -0.494 e. The molecule has 0 bridgehead atoms. The largest absolute Gasteiger partial charge is 0.494 e. The summed E-state index contributed by atoms with van der Waals surface area (Å²) in [5.41, 5.74) is 3.31. The standard InChI is InChI=1S/C20H25BrN2O2/c1-4-25-19-9-8-14(2)12-18(19)15(3)23-20(24)22-11-10-16-6-5-7-17(21)13-16/h5-9,12-13,15H,4,10-11H2,1-3H3,(H2,22,23,24). The van der Waals surface area contributed by atoms with Crippen molar-refractivity contribution in [2.75, 3.05) is 13.2 Å². The van der Waals surface area contributed by atoms with Crippen LogP contribution in [0.25, 0.3) is 0 Å². The molecule has 2 N–H and O–H groups in total. The summed E-state index contributed by atoms with van der Waals surface area (Å²) in [5, 5.41) is 5.89. The van der Waals surface area contributed by atoms with Crippen molar-refractivity contribution in [3.63, 3.8) is 0 Å². The third-order valence-corrected chi connectivity index (χ3v) is 4.36. The SMILES string of the molecule is CCOc1ccc(C)cc1C(C)NC(=O)NCCc1cccc(Br)c1. The van der Waals surface area contributed by atoms with Crippen molar-refractivity contribution in [2.45, 2.75) is 33.2 Å². The van der Waals surface area contributed by atoms with Gasteiger partial charge in [-0.05, 0) is 51.0 Å². The Bertz CT molecular complexity index is 719. The molecule has 5 heteroatoms. The Labute approximate surface area is 158 Å². The number of carbonyl (C=O) groups is 1. The smallest absolute Gasteiger partial charge is 0.315 e. The minimum atomic E-state index is -0.175. The molecule has 0 spiro atoms. The van der Waals surface area contributed by atoms with Gasteiger partial charge < -0.3 is 15.4 Å². The number of amides is 2. The van der Waals surface area contributed by atoms with Crippen molar-refractivity contribution in [3.8, 4) is 5.75 Å². The summed E-state index contributed by atoms with van der Waals surface area (Å²) in [6.45, 7) is 7.13. The molecule has 0 radical (unpaired) electrons. The Morgan fingerprint density at radius 3 is 2.76 bits per heavy atom. The molecular weight excluding hydrogens is 380 g/mol. The van der Waals surface area contributed by atoms with Gasteiger partial charge in [0.1, 0.15) is 5.75 Å². The van der Waals surface area contributed by atoms with E-state index in [-0.39, 0.29) is 12.1 Å². The lowest BCUT2D eigenvalue weighted by Gasteiger charge is -2.19. The van der Waals surface area contributed by atoms with Gasteiger partial charge in [0.05, 0.1) is 12.6 Å². The summed E-state index contributed by atoms with van der Waals surface area (Å²) < 4.78 is 6.72. The lowest BCUT2D eigenvalue weighted by Crippen LogP contribution is -2.38. The van der Waals surface area contributed by atoms with E-state index in [1.54, 1.807) is 0 Å². The number of nitrogens with one attached hydrogen (secondary N) is 2. The molecule has 2 amide bonds. The van der Waals surface area contributed by atoms with Gasteiger partial charge in [-0.15, -0.1) is 0 Å². The van der Waals surface area contributed by atoms with Crippen molar-refractivity contribution >= 4 is 22.0 Å². The van der Waals surface area contributed by atoms with Crippen molar-refractivity contribution < 1.29 is 9.53 Å². The highest BCUT2D eigenvalue weighted by Gasteiger charge is 2.14. The third kappa shape index (κ3) is 6.09. The van der Waals surface area contributed by atoms with Crippen LogP contribution in [-0.2, 0) is 6.42 Å². The molecule has 134 valence electrons. The molecule has 0 aromatic heterocycles. The molecule has 0 fully saturated rings. The van der Waals surface area contributed by atoms with E-state index in [2.05, 4.69) is 38.7 Å². The Hall–Kier alpha value is -2.01. The fraction of sp³-hybridized carbons (Fsp3) is 0.350. The first kappa shape index (κ1) is 19.3. The van der Waals surface area contributed by atoms with Gasteiger partial charge in [-0.2, -0.15) is 0 Å². The summed E-state index contributed by atoms with van der Waals surface area (Å²) in [4.78, 5) is 12.2. The minimum absolute atomic E-state index is 0.132. The second-order valence-corrected chi connectivity index (χ2v) is 6.89. The van der Waals surface area contributed by atoms with Gasteiger partial charge in [0.2, 0.25) is 0 Å².